The van der Waals surface area contributed by atoms with Gasteiger partial charge in [-0.2, -0.15) is 5.10 Å². The molecule has 0 amide bonds. The molecule has 1 aromatic heterocycles. The number of hydrogen-bond donors (Lipinski definition) is 0. The molecule has 21 heavy (non-hydrogen) atoms. The number of aryl methyl sites for hydroxylation is 1. The molecule has 0 atom stereocenters. The molecule has 3 rings (SSSR count). The van der Waals surface area contributed by atoms with E-state index in [1.807, 2.05) is 31.2 Å². The first kappa shape index (κ1) is 13.4. The zero-order valence-electron chi connectivity index (χ0n) is 11.1. The van der Waals surface area contributed by atoms with Gasteiger partial charge < -0.3 is 0 Å². The van der Waals surface area contributed by atoms with Crippen LogP contribution in [0.2, 0.25) is 0 Å². The molecule has 0 radical (unpaired) electrons. The van der Waals surface area contributed by atoms with Crippen molar-refractivity contribution in [1.82, 2.24) is 9.78 Å². The molecule has 0 saturated heterocycles. The third-order valence-electron chi connectivity index (χ3n) is 3.20. The lowest BCUT2D eigenvalue weighted by molar-refractivity contribution is 0.446. The van der Waals surface area contributed by atoms with Crippen LogP contribution in [0.3, 0.4) is 0 Å². The van der Waals surface area contributed by atoms with Gasteiger partial charge in [0.05, 0.1) is 11.9 Å². The molecule has 106 valence electrons. The van der Waals surface area contributed by atoms with Crippen molar-refractivity contribution in [3.8, 4) is 16.8 Å². The largest absolute Gasteiger partial charge is 0.240 e. The second-order valence-electron chi connectivity index (χ2n) is 4.76. The highest BCUT2D eigenvalue weighted by atomic mass is 19.2. The summed E-state index contributed by atoms with van der Waals surface area (Å²) >= 11 is 0. The SMILES string of the molecule is Cc1ccc(-c2cnn(-c3cc(F)c(F)c(F)c3)c2)cc1. The molecule has 0 aliphatic rings. The molecule has 0 N–H and O–H groups in total. The maximum atomic E-state index is 13.2. The Balaban J connectivity index is 2.00. The quantitative estimate of drug-likeness (QED) is 0.644. The van der Waals surface area contributed by atoms with Gasteiger partial charge in [0.15, 0.2) is 17.5 Å². The van der Waals surface area contributed by atoms with Crippen LogP contribution < -0.4 is 0 Å². The average molecular weight is 288 g/mol. The molecular weight excluding hydrogens is 277 g/mol. The van der Waals surface area contributed by atoms with Gasteiger partial charge in [0.2, 0.25) is 0 Å². The topological polar surface area (TPSA) is 17.8 Å². The minimum Gasteiger partial charge on any atom is -0.240 e. The van der Waals surface area contributed by atoms with E-state index >= 15 is 0 Å². The lowest BCUT2D eigenvalue weighted by Gasteiger charge is -2.03. The van der Waals surface area contributed by atoms with Crippen LogP contribution in [0, 0.1) is 24.4 Å². The van der Waals surface area contributed by atoms with Gasteiger partial charge in [-0.05, 0) is 12.5 Å². The Morgan fingerprint density at radius 2 is 1.52 bits per heavy atom. The molecule has 2 nitrogen and oxygen atoms in total. The van der Waals surface area contributed by atoms with Crippen LogP contribution in [0.4, 0.5) is 13.2 Å². The summed E-state index contributed by atoms with van der Waals surface area (Å²) in [5.41, 5.74) is 3.01. The van der Waals surface area contributed by atoms with Crippen molar-refractivity contribution in [2.75, 3.05) is 0 Å². The average Bonchev–Trinajstić information content (AvgIpc) is 2.95. The van der Waals surface area contributed by atoms with E-state index in [-0.39, 0.29) is 5.69 Å². The van der Waals surface area contributed by atoms with E-state index in [9.17, 15) is 13.2 Å². The van der Waals surface area contributed by atoms with Gasteiger partial charge in [-0.15, -0.1) is 0 Å². The van der Waals surface area contributed by atoms with Crippen LogP contribution in [0.5, 0.6) is 0 Å². The van der Waals surface area contributed by atoms with Crippen LogP contribution in [0.1, 0.15) is 5.56 Å². The van der Waals surface area contributed by atoms with E-state index in [4.69, 9.17) is 0 Å². The molecule has 5 heteroatoms. The predicted octanol–water partition coefficient (Wildman–Crippen LogP) is 4.27. The fourth-order valence-electron chi connectivity index (χ4n) is 2.03. The molecule has 0 unspecified atom stereocenters. The van der Waals surface area contributed by atoms with Crippen molar-refractivity contribution < 1.29 is 13.2 Å². The van der Waals surface area contributed by atoms with E-state index in [0.29, 0.717) is 0 Å². The Hall–Kier alpha value is -2.56. The highest BCUT2D eigenvalue weighted by Crippen LogP contribution is 2.22. The van der Waals surface area contributed by atoms with Gasteiger partial charge in [-0.25, -0.2) is 17.9 Å². The molecule has 0 bridgehead atoms. The molecule has 0 aliphatic carbocycles. The van der Waals surface area contributed by atoms with Crippen LogP contribution in [0.15, 0.2) is 48.8 Å². The van der Waals surface area contributed by atoms with E-state index in [1.54, 1.807) is 12.4 Å². The normalized spacial score (nSPS) is 10.9. The van der Waals surface area contributed by atoms with Crippen molar-refractivity contribution in [3.05, 3.63) is 71.8 Å². The number of aromatic nitrogens is 2. The van der Waals surface area contributed by atoms with Gasteiger partial charge in [0, 0.05) is 23.9 Å². The van der Waals surface area contributed by atoms with Crippen molar-refractivity contribution in [3.63, 3.8) is 0 Å². The number of nitrogens with zero attached hydrogens (tertiary/aromatic N) is 2. The third-order valence-corrected chi connectivity index (χ3v) is 3.20. The van der Waals surface area contributed by atoms with Gasteiger partial charge >= 0.3 is 0 Å². The summed E-state index contributed by atoms with van der Waals surface area (Å²) < 4.78 is 40.7. The van der Waals surface area contributed by atoms with Gasteiger partial charge in [0.25, 0.3) is 0 Å². The summed E-state index contributed by atoms with van der Waals surface area (Å²) in [5, 5.41) is 4.06. The van der Waals surface area contributed by atoms with E-state index in [1.165, 1.54) is 4.68 Å². The standard InChI is InChI=1S/C16H11F3N2/c1-10-2-4-11(5-3-10)12-8-20-21(9-12)13-6-14(17)16(19)15(18)7-13/h2-9H,1H3. The number of halogens is 3. The van der Waals surface area contributed by atoms with E-state index in [0.717, 1.165) is 28.8 Å². The number of rotatable bonds is 2. The van der Waals surface area contributed by atoms with Gasteiger partial charge in [-0.1, -0.05) is 29.8 Å². The van der Waals surface area contributed by atoms with Crippen LogP contribution in [-0.2, 0) is 0 Å². The molecule has 3 aromatic rings. The van der Waals surface area contributed by atoms with E-state index < -0.39 is 17.5 Å². The lowest BCUT2D eigenvalue weighted by Crippen LogP contribution is -1.99. The first-order valence-corrected chi connectivity index (χ1v) is 6.31. The summed E-state index contributed by atoms with van der Waals surface area (Å²) in [6, 6.07) is 9.60. The molecule has 0 spiro atoms. The second-order valence-corrected chi connectivity index (χ2v) is 4.76. The fourth-order valence-corrected chi connectivity index (χ4v) is 2.03. The molecule has 0 fully saturated rings. The molecule has 1 heterocycles. The van der Waals surface area contributed by atoms with Crippen LogP contribution in [-0.4, -0.2) is 9.78 Å². The van der Waals surface area contributed by atoms with Gasteiger partial charge in [-0.3, -0.25) is 0 Å². The minimum absolute atomic E-state index is 0.129. The second kappa shape index (κ2) is 5.09. The Bertz CT molecular complexity index is 769. The molecule has 0 aliphatic heterocycles. The minimum atomic E-state index is -1.48. The summed E-state index contributed by atoms with van der Waals surface area (Å²) in [7, 11) is 0. The Morgan fingerprint density at radius 1 is 0.905 bits per heavy atom. The van der Waals surface area contributed by atoms with Crippen LogP contribution in [0.25, 0.3) is 16.8 Å². The molecular formula is C16H11F3N2. The smallest absolute Gasteiger partial charge is 0.194 e. The van der Waals surface area contributed by atoms with Crippen LogP contribution >= 0.6 is 0 Å². The first-order valence-electron chi connectivity index (χ1n) is 6.31. The van der Waals surface area contributed by atoms with Gasteiger partial charge in [0.1, 0.15) is 0 Å². The zero-order valence-corrected chi connectivity index (χ0v) is 11.1. The summed E-state index contributed by atoms with van der Waals surface area (Å²) in [6.07, 6.45) is 3.22. The Morgan fingerprint density at radius 3 is 2.14 bits per heavy atom. The summed E-state index contributed by atoms with van der Waals surface area (Å²) in [6.45, 7) is 1.98. The van der Waals surface area contributed by atoms with Crippen molar-refractivity contribution in [2.45, 2.75) is 6.92 Å². The molecule has 2 aromatic carbocycles. The van der Waals surface area contributed by atoms with Crippen molar-refractivity contribution >= 4 is 0 Å². The molecule has 0 saturated carbocycles. The lowest BCUT2D eigenvalue weighted by atomic mass is 10.1. The maximum Gasteiger partial charge on any atom is 0.194 e. The third kappa shape index (κ3) is 2.54. The summed E-state index contributed by atoms with van der Waals surface area (Å²) in [5.74, 6) is -3.96. The summed E-state index contributed by atoms with van der Waals surface area (Å²) in [4.78, 5) is 0. The zero-order chi connectivity index (χ0) is 15.0. The first-order chi connectivity index (χ1) is 10.0. The van der Waals surface area contributed by atoms with Crippen molar-refractivity contribution in [2.24, 2.45) is 0 Å². The Kier molecular flexibility index (Phi) is 3.25. The van der Waals surface area contributed by atoms with Crippen molar-refractivity contribution in [1.29, 1.82) is 0 Å². The maximum absolute atomic E-state index is 13.2. The highest BCUT2D eigenvalue weighted by Gasteiger charge is 2.12. The monoisotopic (exact) mass is 288 g/mol. The highest BCUT2D eigenvalue weighted by molar-refractivity contribution is 5.62. The number of benzene rings is 2. The Labute approximate surface area is 119 Å². The van der Waals surface area contributed by atoms with E-state index in [2.05, 4.69) is 5.10 Å². The number of hydrogen-bond acceptors (Lipinski definition) is 1. The fraction of sp³-hybridized carbons (Fsp3) is 0.0625. The predicted molar refractivity (Wildman–Crippen MR) is 73.6 cm³/mol.